The maximum atomic E-state index is 11.8. The molecule has 0 aliphatic carbocycles. The summed E-state index contributed by atoms with van der Waals surface area (Å²) in [5.41, 5.74) is 2.39. The van der Waals surface area contributed by atoms with E-state index >= 15 is 0 Å². The lowest BCUT2D eigenvalue weighted by Gasteiger charge is -2.28. The highest BCUT2D eigenvalue weighted by Gasteiger charge is 2.32. The maximum absolute atomic E-state index is 11.8. The predicted octanol–water partition coefficient (Wildman–Crippen LogP) is 2.41. The molecule has 0 bridgehead atoms. The second-order valence-corrected chi connectivity index (χ2v) is 8.65. The lowest BCUT2D eigenvalue weighted by Crippen LogP contribution is -2.36. The van der Waals surface area contributed by atoms with E-state index in [-0.39, 0.29) is 17.5 Å². The van der Waals surface area contributed by atoms with Gasteiger partial charge in [-0.3, -0.25) is 0 Å². The van der Waals surface area contributed by atoms with E-state index in [2.05, 4.69) is 51.4 Å². The Kier molecular flexibility index (Phi) is 5.22. The van der Waals surface area contributed by atoms with Crippen LogP contribution in [0.3, 0.4) is 0 Å². The van der Waals surface area contributed by atoms with E-state index in [1.165, 1.54) is 5.56 Å². The van der Waals surface area contributed by atoms with Crippen molar-refractivity contribution in [3.8, 4) is 0 Å². The number of aromatic nitrogens is 2. The van der Waals surface area contributed by atoms with Gasteiger partial charge in [0.2, 0.25) is 5.95 Å². The minimum absolute atomic E-state index is 0.00477. The van der Waals surface area contributed by atoms with Gasteiger partial charge in [0.05, 0.1) is 11.5 Å². The van der Waals surface area contributed by atoms with Crippen LogP contribution in [0.1, 0.15) is 24.5 Å². The predicted molar refractivity (Wildman–Crippen MR) is 101 cm³/mol. The van der Waals surface area contributed by atoms with Crippen molar-refractivity contribution in [1.82, 2.24) is 9.97 Å². The monoisotopic (exact) mass is 360 g/mol. The Morgan fingerprint density at radius 3 is 2.64 bits per heavy atom. The number of nitrogens with one attached hydrogen (secondary N) is 1. The first kappa shape index (κ1) is 17.7. The van der Waals surface area contributed by atoms with Crippen LogP contribution in [-0.2, 0) is 16.4 Å². The third-order valence-corrected chi connectivity index (χ3v) is 6.25. The number of hydrogen-bond donors (Lipinski definition) is 1. The molecule has 25 heavy (non-hydrogen) atoms. The number of anilines is 2. The molecule has 0 amide bonds. The zero-order valence-corrected chi connectivity index (χ0v) is 15.5. The molecule has 1 aromatic heterocycles. The van der Waals surface area contributed by atoms with Crippen LogP contribution < -0.4 is 10.2 Å². The summed E-state index contributed by atoms with van der Waals surface area (Å²) in [4.78, 5) is 10.9. The first-order valence-corrected chi connectivity index (χ1v) is 10.4. The largest absolute Gasteiger partial charge is 0.353 e. The second-order valence-electron chi connectivity index (χ2n) is 6.42. The highest BCUT2D eigenvalue weighted by atomic mass is 32.2. The first-order valence-electron chi connectivity index (χ1n) is 8.56. The average molecular weight is 360 g/mol. The Morgan fingerprint density at radius 1 is 1.24 bits per heavy atom. The molecule has 1 unspecified atom stereocenters. The van der Waals surface area contributed by atoms with Crippen molar-refractivity contribution in [2.75, 3.05) is 28.3 Å². The van der Waals surface area contributed by atoms with E-state index in [0.717, 1.165) is 11.4 Å². The van der Waals surface area contributed by atoms with Gasteiger partial charge >= 0.3 is 0 Å². The Labute approximate surface area is 149 Å². The summed E-state index contributed by atoms with van der Waals surface area (Å²) in [5.74, 6) is 1.79. The fourth-order valence-corrected chi connectivity index (χ4v) is 4.84. The summed E-state index contributed by atoms with van der Waals surface area (Å²) in [6.45, 7) is 5.45. The van der Waals surface area contributed by atoms with Gasteiger partial charge in [-0.15, -0.1) is 0 Å². The van der Waals surface area contributed by atoms with Crippen LogP contribution in [0.4, 0.5) is 11.8 Å². The number of sulfone groups is 1. The Bertz CT molecular complexity index is 821. The van der Waals surface area contributed by atoms with Gasteiger partial charge in [-0.25, -0.2) is 13.4 Å². The zero-order valence-electron chi connectivity index (χ0n) is 14.6. The maximum Gasteiger partial charge on any atom is 0.224 e. The topological polar surface area (TPSA) is 75.2 Å². The smallest absolute Gasteiger partial charge is 0.224 e. The molecular weight excluding hydrogens is 336 g/mol. The van der Waals surface area contributed by atoms with Crippen molar-refractivity contribution in [1.29, 1.82) is 0 Å². The molecule has 2 aromatic rings. The van der Waals surface area contributed by atoms with Crippen molar-refractivity contribution in [3.05, 3.63) is 47.7 Å². The third-order valence-electron chi connectivity index (χ3n) is 4.50. The molecule has 134 valence electrons. The molecule has 0 saturated carbocycles. The van der Waals surface area contributed by atoms with Crippen LogP contribution in [-0.4, -0.2) is 42.5 Å². The van der Waals surface area contributed by atoms with Crippen LogP contribution in [0.2, 0.25) is 0 Å². The van der Waals surface area contributed by atoms with Crippen molar-refractivity contribution in [3.63, 3.8) is 0 Å². The summed E-state index contributed by atoms with van der Waals surface area (Å²) >= 11 is 0. The second kappa shape index (κ2) is 7.39. The fourth-order valence-electron chi connectivity index (χ4n) is 3.11. The van der Waals surface area contributed by atoms with Crippen molar-refractivity contribution in [2.24, 2.45) is 0 Å². The number of nitrogens with zero attached hydrogens (tertiary/aromatic N) is 3. The molecule has 1 atom stereocenters. The van der Waals surface area contributed by atoms with Gasteiger partial charge in [-0.2, -0.15) is 4.98 Å². The van der Waals surface area contributed by atoms with Gasteiger partial charge in [0, 0.05) is 25.3 Å². The van der Waals surface area contributed by atoms with Crippen molar-refractivity contribution < 1.29 is 8.42 Å². The minimum atomic E-state index is -2.92. The molecule has 0 radical (unpaired) electrons. The molecule has 6 nitrogen and oxygen atoms in total. The standard InChI is InChI=1S/C18H24N4O2S/c1-3-22(16-9-11-25(23,24)13-16)17-8-10-19-18(21-17)20-12-15-6-4-14(2)5-7-15/h4-8,10,16H,3,9,11-13H2,1-2H3,(H,19,20,21). The van der Waals surface area contributed by atoms with E-state index in [9.17, 15) is 8.42 Å². The van der Waals surface area contributed by atoms with Crippen LogP contribution in [0.15, 0.2) is 36.5 Å². The minimum Gasteiger partial charge on any atom is -0.353 e. The van der Waals surface area contributed by atoms with Gasteiger partial charge in [-0.05, 0) is 31.9 Å². The molecule has 1 aliphatic heterocycles. The Hall–Kier alpha value is -2.15. The Balaban J connectivity index is 1.70. The van der Waals surface area contributed by atoms with Crippen LogP contribution in [0, 0.1) is 6.92 Å². The molecule has 1 saturated heterocycles. The van der Waals surface area contributed by atoms with Gasteiger partial charge in [0.25, 0.3) is 0 Å². The summed E-state index contributed by atoms with van der Waals surface area (Å²) in [6.07, 6.45) is 2.37. The number of aryl methyl sites for hydroxylation is 1. The number of benzene rings is 1. The first-order chi connectivity index (χ1) is 12.0. The average Bonchev–Trinajstić information content (AvgIpc) is 2.95. The summed E-state index contributed by atoms with van der Waals surface area (Å²) in [7, 11) is -2.92. The summed E-state index contributed by atoms with van der Waals surface area (Å²) in [5, 5.41) is 3.24. The SMILES string of the molecule is CCN(c1ccnc(NCc2ccc(C)cc2)n1)C1CCS(=O)(=O)C1. The van der Waals surface area contributed by atoms with Gasteiger partial charge in [-0.1, -0.05) is 29.8 Å². The quantitative estimate of drug-likeness (QED) is 0.853. The third kappa shape index (κ3) is 4.48. The summed E-state index contributed by atoms with van der Waals surface area (Å²) < 4.78 is 23.5. The van der Waals surface area contributed by atoms with Crippen LogP contribution in [0.25, 0.3) is 0 Å². The summed E-state index contributed by atoms with van der Waals surface area (Å²) in [6, 6.07) is 10.1. The molecule has 1 aliphatic rings. The van der Waals surface area contributed by atoms with Crippen molar-refractivity contribution in [2.45, 2.75) is 32.9 Å². The van der Waals surface area contributed by atoms with E-state index in [0.29, 0.717) is 25.5 Å². The normalized spacial score (nSPS) is 18.9. The molecule has 2 heterocycles. The highest BCUT2D eigenvalue weighted by Crippen LogP contribution is 2.23. The molecule has 1 aromatic carbocycles. The van der Waals surface area contributed by atoms with Crippen LogP contribution >= 0.6 is 0 Å². The molecule has 0 spiro atoms. The fraction of sp³-hybridized carbons (Fsp3) is 0.444. The van der Waals surface area contributed by atoms with Gasteiger partial charge in [0.15, 0.2) is 9.84 Å². The van der Waals surface area contributed by atoms with Crippen LogP contribution in [0.5, 0.6) is 0 Å². The van der Waals surface area contributed by atoms with E-state index < -0.39 is 9.84 Å². The van der Waals surface area contributed by atoms with Gasteiger partial charge in [0.1, 0.15) is 5.82 Å². The van der Waals surface area contributed by atoms with Crippen molar-refractivity contribution >= 4 is 21.6 Å². The molecule has 1 fully saturated rings. The Morgan fingerprint density at radius 2 is 2.00 bits per heavy atom. The van der Waals surface area contributed by atoms with E-state index in [1.807, 2.05) is 13.0 Å². The van der Waals surface area contributed by atoms with Gasteiger partial charge < -0.3 is 10.2 Å². The number of rotatable bonds is 6. The molecule has 3 rings (SSSR count). The molecule has 1 N–H and O–H groups in total. The van der Waals surface area contributed by atoms with E-state index in [4.69, 9.17) is 0 Å². The molecular formula is C18H24N4O2S. The molecule has 7 heteroatoms. The number of hydrogen-bond acceptors (Lipinski definition) is 6. The highest BCUT2D eigenvalue weighted by molar-refractivity contribution is 7.91. The zero-order chi connectivity index (χ0) is 17.9. The van der Waals surface area contributed by atoms with E-state index in [1.54, 1.807) is 6.20 Å². The lowest BCUT2D eigenvalue weighted by molar-refractivity contribution is 0.599. The lowest BCUT2D eigenvalue weighted by atomic mass is 10.1.